The number of phenols is 1. The van der Waals surface area contributed by atoms with Crippen LogP contribution in [-0.2, 0) is 37.3 Å². The molecular formula is C61H58N3OPt-. The van der Waals surface area contributed by atoms with E-state index in [2.05, 4.69) is 81.4 Å². The van der Waals surface area contributed by atoms with Crippen molar-refractivity contribution in [2.45, 2.75) is 85.3 Å². The Morgan fingerprint density at radius 1 is 0.545 bits per heavy atom. The summed E-state index contributed by atoms with van der Waals surface area (Å²) in [5.74, 6) is 0.368. The van der Waals surface area contributed by atoms with E-state index < -0.39 is 31.4 Å². The molecule has 0 bridgehead atoms. The fraction of sp³-hybridized carbons (Fsp3) is 0.213. The van der Waals surface area contributed by atoms with Crippen molar-refractivity contribution in [3.63, 3.8) is 0 Å². The van der Waals surface area contributed by atoms with E-state index in [1.807, 2.05) is 99.1 Å². The summed E-state index contributed by atoms with van der Waals surface area (Å²) in [5.41, 5.74) is 8.38. The molecule has 1 N–H and O–H groups in total. The molecular weight excluding hydrogens is 986 g/mol. The zero-order chi connectivity index (χ0) is 53.3. The van der Waals surface area contributed by atoms with Gasteiger partial charge in [-0.2, -0.15) is 0 Å². The van der Waals surface area contributed by atoms with Crippen molar-refractivity contribution >= 4 is 11.0 Å². The average molecular weight is 1050 g/mol. The van der Waals surface area contributed by atoms with Gasteiger partial charge < -0.3 is 5.11 Å². The number of aryl methyl sites for hydroxylation is 1. The van der Waals surface area contributed by atoms with Crippen LogP contribution in [0.2, 0.25) is 0 Å². The number of imidazole rings is 1. The summed E-state index contributed by atoms with van der Waals surface area (Å²) in [7, 11) is 0. The third-order valence-corrected chi connectivity index (χ3v) is 12.1. The van der Waals surface area contributed by atoms with Gasteiger partial charge in [0.25, 0.3) is 0 Å². The van der Waals surface area contributed by atoms with Crippen molar-refractivity contribution in [1.29, 1.82) is 0 Å². The molecule has 2 heterocycles. The molecule has 0 saturated carbocycles. The summed E-state index contributed by atoms with van der Waals surface area (Å²) in [6, 6.07) is 53.7. The maximum absolute atomic E-state index is 12.4. The van der Waals surface area contributed by atoms with E-state index in [0.717, 1.165) is 55.8 Å². The van der Waals surface area contributed by atoms with Gasteiger partial charge in [-0.05, 0) is 92.4 Å². The van der Waals surface area contributed by atoms with Crippen LogP contribution in [-0.4, -0.2) is 19.6 Å². The predicted molar refractivity (Wildman–Crippen MR) is 273 cm³/mol. The second-order valence-corrected chi connectivity index (χ2v) is 19.1. The van der Waals surface area contributed by atoms with E-state index >= 15 is 0 Å². The summed E-state index contributed by atoms with van der Waals surface area (Å²) < 4.78 is 79.3. The van der Waals surface area contributed by atoms with Crippen molar-refractivity contribution in [1.82, 2.24) is 14.5 Å². The first-order valence-electron chi connectivity index (χ1n) is 26.5. The van der Waals surface area contributed by atoms with E-state index in [4.69, 9.17) is 22.3 Å². The maximum Gasteiger partial charge on any atom is 0.148 e. The molecule has 9 rings (SSSR count). The standard InChI is InChI=1S/C61H58N3O.Pt/c1-39-32-51(57(65)52(33-39)61(8,9)10)58-63-56-49(22-17-23-55(56)64(58)54-29-28-47(59(2,3)4)38-50(54)43-20-15-12-16-21-43)45-34-46(36-48(35-45)60(5,6)7)53-37-44(30-31-62-53)42-26-24-41(25-27-42)40-18-13-11-14-19-40;/h11-33,35-38,65H,1-10H3;/q-1;/i2D3,3D3,4D3;. The van der Waals surface area contributed by atoms with Gasteiger partial charge in [-0.1, -0.05) is 188 Å². The molecule has 7 aromatic carbocycles. The Morgan fingerprint density at radius 2 is 1.18 bits per heavy atom. The third-order valence-electron chi connectivity index (χ3n) is 12.1. The number of benzene rings is 7. The largest absolute Gasteiger partial charge is 0.507 e. The van der Waals surface area contributed by atoms with Gasteiger partial charge in [0.1, 0.15) is 11.6 Å². The predicted octanol–water partition coefficient (Wildman–Crippen LogP) is 16.1. The normalized spacial score (nSPS) is 14.6. The number of phenolic OH excluding ortho intramolecular Hbond substituents is 1. The van der Waals surface area contributed by atoms with Gasteiger partial charge in [-0.3, -0.25) is 9.55 Å². The van der Waals surface area contributed by atoms with Crippen LogP contribution >= 0.6 is 0 Å². The van der Waals surface area contributed by atoms with Gasteiger partial charge in [0.05, 0.1) is 22.3 Å². The van der Waals surface area contributed by atoms with Gasteiger partial charge in [0, 0.05) is 56.4 Å². The number of para-hydroxylation sites is 1. The molecule has 0 atom stereocenters. The molecule has 2 aromatic heterocycles. The summed E-state index contributed by atoms with van der Waals surface area (Å²) >= 11 is 0. The van der Waals surface area contributed by atoms with Gasteiger partial charge >= 0.3 is 0 Å². The maximum atomic E-state index is 12.4. The molecule has 0 radical (unpaired) electrons. The van der Waals surface area contributed by atoms with Crippen molar-refractivity contribution in [3.05, 3.63) is 192 Å². The molecule has 0 aliphatic rings. The fourth-order valence-corrected chi connectivity index (χ4v) is 8.60. The van der Waals surface area contributed by atoms with Gasteiger partial charge in [0.2, 0.25) is 0 Å². The Hall–Kier alpha value is -6.35. The SMILES string of the molecule is [2H]C([2H])([2H])C(c1ccc(-n2c(-c3cc(C)cc(C(C)(C)C)c3O)nc3c(-c4[c-]c(-c5cc(-c6ccc(-c7ccccc7)cc6)ccn5)cc(C(C)(C)C)c4)cccc32)c(-c2ccccc2)c1)(C([2H])([2H])[2H])C([2H])([2H])[2H].[Pt]. The molecule has 66 heavy (non-hydrogen) atoms. The van der Waals surface area contributed by atoms with Crippen molar-refractivity contribution < 1.29 is 38.5 Å². The Balaban J connectivity index is 0.00000747. The first-order chi connectivity index (χ1) is 34.7. The molecule has 0 aliphatic heterocycles. The smallest absolute Gasteiger partial charge is 0.148 e. The number of rotatable bonds is 7. The Morgan fingerprint density at radius 3 is 1.83 bits per heavy atom. The van der Waals surface area contributed by atoms with Crippen LogP contribution in [0.3, 0.4) is 0 Å². The summed E-state index contributed by atoms with van der Waals surface area (Å²) in [6.45, 7) is 4.03. The van der Waals surface area contributed by atoms with Crippen LogP contribution in [0.5, 0.6) is 5.75 Å². The second-order valence-electron chi connectivity index (χ2n) is 19.1. The molecule has 0 unspecified atom stereocenters. The monoisotopic (exact) mass is 1050 g/mol. The van der Waals surface area contributed by atoms with Crippen molar-refractivity contribution in [3.8, 4) is 78.6 Å². The third kappa shape index (κ3) is 9.09. The van der Waals surface area contributed by atoms with Gasteiger partial charge in [0.15, 0.2) is 0 Å². The minimum atomic E-state index is -3.49. The van der Waals surface area contributed by atoms with Crippen LogP contribution in [0.25, 0.3) is 83.9 Å². The average Bonchev–Trinajstić information content (AvgIpc) is 3.73. The number of pyridine rings is 1. The van der Waals surface area contributed by atoms with E-state index in [9.17, 15) is 5.11 Å². The molecule has 0 spiro atoms. The van der Waals surface area contributed by atoms with Crippen LogP contribution < -0.4 is 0 Å². The summed E-state index contributed by atoms with van der Waals surface area (Å²) in [5, 5.41) is 12.4. The summed E-state index contributed by atoms with van der Waals surface area (Å²) in [4.78, 5) is 10.3. The van der Waals surface area contributed by atoms with E-state index in [-0.39, 0.29) is 37.8 Å². The molecule has 0 saturated heterocycles. The molecule has 5 heteroatoms. The number of hydrogen-bond donors (Lipinski definition) is 1. The zero-order valence-electron chi connectivity index (χ0n) is 47.2. The molecule has 9 aromatic rings. The van der Waals surface area contributed by atoms with Gasteiger partial charge in [-0.25, -0.2) is 4.98 Å². The Labute approximate surface area is 418 Å². The number of aromatic nitrogens is 3. The van der Waals surface area contributed by atoms with Crippen LogP contribution in [0, 0.1) is 13.0 Å². The second kappa shape index (κ2) is 17.8. The Bertz CT molecular complexity index is 3520. The van der Waals surface area contributed by atoms with Crippen LogP contribution in [0.4, 0.5) is 0 Å². The molecule has 0 aliphatic carbocycles. The Kier molecular flexibility index (Phi) is 9.67. The van der Waals surface area contributed by atoms with Crippen molar-refractivity contribution in [2.75, 3.05) is 0 Å². The van der Waals surface area contributed by atoms with E-state index in [1.54, 1.807) is 30.3 Å². The zero-order valence-corrected chi connectivity index (χ0v) is 40.5. The topological polar surface area (TPSA) is 50.9 Å². The van der Waals surface area contributed by atoms with E-state index in [0.29, 0.717) is 44.8 Å². The quantitative estimate of drug-likeness (QED) is 0.162. The van der Waals surface area contributed by atoms with E-state index in [1.165, 1.54) is 12.1 Å². The first kappa shape index (κ1) is 35.9. The number of aromatic hydroxyl groups is 1. The minimum absolute atomic E-state index is 0. The molecule has 4 nitrogen and oxygen atoms in total. The van der Waals surface area contributed by atoms with Crippen LogP contribution in [0.1, 0.15) is 96.7 Å². The molecule has 0 fully saturated rings. The minimum Gasteiger partial charge on any atom is -0.507 e. The molecule has 334 valence electrons. The van der Waals surface area contributed by atoms with Gasteiger partial charge in [-0.15, -0.1) is 29.3 Å². The van der Waals surface area contributed by atoms with Crippen molar-refractivity contribution in [2.24, 2.45) is 0 Å². The number of hydrogen-bond acceptors (Lipinski definition) is 3. The summed E-state index contributed by atoms with van der Waals surface area (Å²) in [6.07, 6.45) is 1.82. The number of fused-ring (bicyclic) bond motifs is 1. The fourth-order valence-electron chi connectivity index (χ4n) is 8.60. The first-order valence-corrected chi connectivity index (χ1v) is 22.0. The molecule has 0 amide bonds. The number of nitrogens with zero attached hydrogens (tertiary/aromatic N) is 3. The van der Waals surface area contributed by atoms with Crippen LogP contribution in [0.15, 0.2) is 164 Å².